The molecule has 0 aromatic rings. The first kappa shape index (κ1) is 8.09. The molecule has 0 aromatic carbocycles. The van der Waals surface area contributed by atoms with Crippen molar-refractivity contribution in [2.75, 3.05) is 19.6 Å². The highest BCUT2D eigenvalue weighted by atomic mass is 35.5. The second-order valence-corrected chi connectivity index (χ2v) is 3.06. The smallest absolute Gasteiger partial charge is 0.0357 e. The fraction of sp³-hybridized carbons (Fsp3) is 0.750. The van der Waals surface area contributed by atoms with E-state index in [4.69, 9.17) is 11.6 Å². The monoisotopic (exact) mass is 158 g/mol. The van der Waals surface area contributed by atoms with Crippen molar-refractivity contribution in [3.8, 4) is 0 Å². The third-order valence-corrected chi connectivity index (χ3v) is 1.90. The maximum absolute atomic E-state index is 5.81. The zero-order valence-corrected chi connectivity index (χ0v) is 7.12. The van der Waals surface area contributed by atoms with Gasteiger partial charge in [-0.25, -0.2) is 0 Å². The van der Waals surface area contributed by atoms with E-state index in [1.54, 1.807) is 0 Å². The second kappa shape index (κ2) is 3.99. The van der Waals surface area contributed by atoms with E-state index >= 15 is 0 Å². The quantitative estimate of drug-likeness (QED) is 0.595. The fourth-order valence-corrected chi connectivity index (χ4v) is 1.45. The van der Waals surface area contributed by atoms with Crippen molar-refractivity contribution in [1.29, 1.82) is 0 Å². The minimum atomic E-state index is 0.889. The molecule has 0 aliphatic carbocycles. The van der Waals surface area contributed by atoms with Crippen LogP contribution in [0.2, 0.25) is 0 Å². The van der Waals surface area contributed by atoms with E-state index in [0.29, 0.717) is 0 Å². The molecule has 0 saturated heterocycles. The first-order chi connectivity index (χ1) is 4.83. The highest BCUT2D eigenvalue weighted by molar-refractivity contribution is 6.29. The largest absolute Gasteiger partial charge is 0.298 e. The second-order valence-electron chi connectivity index (χ2n) is 2.61. The maximum Gasteiger partial charge on any atom is 0.0357 e. The zero-order valence-electron chi connectivity index (χ0n) is 6.36. The third kappa shape index (κ3) is 2.31. The average molecular weight is 159 g/mol. The Balaban J connectivity index is 2.30. The number of halogens is 1. The lowest BCUT2D eigenvalue weighted by atomic mass is 10.2. The Morgan fingerprint density at radius 3 is 3.10 bits per heavy atom. The SMILES string of the molecule is CCCN1CC[C]=C(Cl)C1. The van der Waals surface area contributed by atoms with Gasteiger partial charge in [0.05, 0.1) is 0 Å². The molecule has 0 bridgehead atoms. The third-order valence-electron chi connectivity index (χ3n) is 1.65. The van der Waals surface area contributed by atoms with Crippen LogP contribution in [0, 0.1) is 6.08 Å². The molecule has 1 aliphatic heterocycles. The zero-order chi connectivity index (χ0) is 7.40. The van der Waals surface area contributed by atoms with Gasteiger partial charge in [0.1, 0.15) is 0 Å². The molecule has 0 saturated carbocycles. The van der Waals surface area contributed by atoms with Crippen LogP contribution >= 0.6 is 11.6 Å². The standard InChI is InChI=1S/C8H13ClN/c1-2-5-10-6-3-4-8(9)7-10/h2-3,5-7H2,1H3. The summed E-state index contributed by atoms with van der Waals surface area (Å²) in [6, 6.07) is 0. The molecule has 1 aliphatic rings. The molecule has 2 heteroatoms. The summed E-state index contributed by atoms with van der Waals surface area (Å²) in [7, 11) is 0. The lowest BCUT2D eigenvalue weighted by molar-refractivity contribution is 0.294. The molecular formula is C8H13ClN. The van der Waals surface area contributed by atoms with Gasteiger partial charge in [-0.3, -0.25) is 4.90 Å². The number of hydrogen-bond donors (Lipinski definition) is 0. The van der Waals surface area contributed by atoms with Gasteiger partial charge in [-0.2, -0.15) is 0 Å². The summed E-state index contributed by atoms with van der Waals surface area (Å²) in [5.74, 6) is 0. The molecule has 0 unspecified atom stereocenters. The van der Waals surface area contributed by atoms with Crippen LogP contribution in [-0.4, -0.2) is 24.5 Å². The van der Waals surface area contributed by atoms with E-state index in [2.05, 4.69) is 17.9 Å². The van der Waals surface area contributed by atoms with Gasteiger partial charge in [-0.05, 0) is 25.5 Å². The van der Waals surface area contributed by atoms with E-state index in [1.165, 1.54) is 6.42 Å². The van der Waals surface area contributed by atoms with E-state index in [9.17, 15) is 0 Å². The van der Waals surface area contributed by atoms with Crippen LogP contribution in [0.3, 0.4) is 0 Å². The Kier molecular flexibility index (Phi) is 3.23. The normalized spacial score (nSPS) is 20.8. The Bertz CT molecular complexity index is 131. The highest BCUT2D eigenvalue weighted by Crippen LogP contribution is 2.11. The summed E-state index contributed by atoms with van der Waals surface area (Å²) < 4.78 is 0. The summed E-state index contributed by atoms with van der Waals surface area (Å²) in [6.45, 7) is 5.40. The van der Waals surface area contributed by atoms with Crippen LogP contribution in [0.1, 0.15) is 19.8 Å². The molecule has 57 valence electrons. The average Bonchev–Trinajstić information content (AvgIpc) is 1.88. The van der Waals surface area contributed by atoms with E-state index < -0.39 is 0 Å². The molecular weight excluding hydrogens is 146 g/mol. The Hall–Kier alpha value is -0.0100. The number of nitrogens with zero attached hydrogens (tertiary/aromatic N) is 1. The first-order valence-electron chi connectivity index (χ1n) is 3.80. The minimum Gasteiger partial charge on any atom is -0.298 e. The fourth-order valence-electron chi connectivity index (χ4n) is 1.19. The van der Waals surface area contributed by atoms with Crippen LogP contribution in [0.25, 0.3) is 0 Å². The molecule has 0 fully saturated rings. The topological polar surface area (TPSA) is 3.24 Å². The van der Waals surface area contributed by atoms with Crippen molar-refractivity contribution in [1.82, 2.24) is 4.90 Å². The van der Waals surface area contributed by atoms with Crippen LogP contribution in [0.4, 0.5) is 0 Å². The van der Waals surface area contributed by atoms with E-state index in [-0.39, 0.29) is 0 Å². The highest BCUT2D eigenvalue weighted by Gasteiger charge is 2.09. The molecule has 1 radical (unpaired) electrons. The molecule has 1 heterocycles. The molecule has 1 nitrogen and oxygen atoms in total. The van der Waals surface area contributed by atoms with Crippen molar-refractivity contribution in [2.45, 2.75) is 19.8 Å². The van der Waals surface area contributed by atoms with Crippen molar-refractivity contribution >= 4 is 11.6 Å². The lowest BCUT2D eigenvalue weighted by Gasteiger charge is -2.23. The molecule has 10 heavy (non-hydrogen) atoms. The summed E-state index contributed by atoms with van der Waals surface area (Å²) in [5, 5.41) is 0.889. The van der Waals surface area contributed by atoms with Crippen molar-refractivity contribution in [2.24, 2.45) is 0 Å². The van der Waals surface area contributed by atoms with Crippen LogP contribution in [-0.2, 0) is 0 Å². The van der Waals surface area contributed by atoms with Crippen molar-refractivity contribution in [3.05, 3.63) is 11.1 Å². The molecule has 0 atom stereocenters. The summed E-state index contributed by atoms with van der Waals surface area (Å²) >= 11 is 5.81. The Morgan fingerprint density at radius 2 is 2.50 bits per heavy atom. The van der Waals surface area contributed by atoms with E-state index in [0.717, 1.165) is 31.1 Å². The molecule has 0 spiro atoms. The van der Waals surface area contributed by atoms with Crippen molar-refractivity contribution < 1.29 is 0 Å². The van der Waals surface area contributed by atoms with Crippen molar-refractivity contribution in [3.63, 3.8) is 0 Å². The molecule has 0 N–H and O–H groups in total. The summed E-state index contributed by atoms with van der Waals surface area (Å²) in [5.41, 5.74) is 0. The predicted molar refractivity (Wildman–Crippen MR) is 44.0 cm³/mol. The predicted octanol–water partition coefficient (Wildman–Crippen LogP) is 2.03. The van der Waals surface area contributed by atoms with Crippen LogP contribution < -0.4 is 0 Å². The summed E-state index contributed by atoms with van der Waals surface area (Å²) in [6.07, 6.45) is 5.32. The van der Waals surface area contributed by atoms with Crippen LogP contribution in [0.15, 0.2) is 5.03 Å². The maximum atomic E-state index is 5.81. The lowest BCUT2D eigenvalue weighted by Crippen LogP contribution is -2.29. The van der Waals surface area contributed by atoms with Gasteiger partial charge in [0.15, 0.2) is 0 Å². The number of hydrogen-bond acceptors (Lipinski definition) is 1. The van der Waals surface area contributed by atoms with Crippen LogP contribution in [0.5, 0.6) is 0 Å². The van der Waals surface area contributed by atoms with Gasteiger partial charge in [0.25, 0.3) is 0 Å². The molecule has 1 rings (SSSR count). The molecule has 0 amide bonds. The van der Waals surface area contributed by atoms with Gasteiger partial charge < -0.3 is 0 Å². The minimum absolute atomic E-state index is 0.889. The van der Waals surface area contributed by atoms with Gasteiger partial charge in [0, 0.05) is 18.1 Å². The van der Waals surface area contributed by atoms with Gasteiger partial charge in [-0.1, -0.05) is 18.5 Å². The van der Waals surface area contributed by atoms with Gasteiger partial charge in [-0.15, -0.1) is 0 Å². The Morgan fingerprint density at radius 1 is 1.70 bits per heavy atom. The van der Waals surface area contributed by atoms with Gasteiger partial charge in [0.2, 0.25) is 0 Å². The first-order valence-corrected chi connectivity index (χ1v) is 4.18. The Labute approximate surface area is 67.7 Å². The summed E-state index contributed by atoms with van der Waals surface area (Å²) in [4.78, 5) is 2.36. The number of rotatable bonds is 2. The van der Waals surface area contributed by atoms with E-state index in [1.807, 2.05) is 0 Å². The van der Waals surface area contributed by atoms with Gasteiger partial charge >= 0.3 is 0 Å². The molecule has 0 aromatic heterocycles.